The molecule has 0 aliphatic heterocycles. The van der Waals surface area contributed by atoms with Gasteiger partial charge in [-0.2, -0.15) is 0 Å². The number of nitrogens with one attached hydrogen (secondary N) is 2. The molecule has 0 atom stereocenters. The van der Waals surface area contributed by atoms with Crippen LogP contribution in [0.1, 0.15) is 23.0 Å². The molecule has 138 valence electrons. The van der Waals surface area contributed by atoms with E-state index in [4.69, 9.17) is 16.3 Å². The molecule has 1 aromatic heterocycles. The largest absolute Gasteiger partial charge is 0.492 e. The molecule has 0 saturated carbocycles. The van der Waals surface area contributed by atoms with Crippen LogP contribution in [0.5, 0.6) is 5.75 Å². The van der Waals surface area contributed by atoms with Crippen LogP contribution in [0, 0.1) is 6.92 Å². The van der Waals surface area contributed by atoms with Crippen LogP contribution >= 0.6 is 11.6 Å². The summed E-state index contributed by atoms with van der Waals surface area (Å²) in [4.78, 5) is 20.8. The normalized spacial score (nSPS) is 10.3. The van der Waals surface area contributed by atoms with Crippen LogP contribution in [-0.2, 0) is 0 Å². The Morgan fingerprint density at radius 3 is 2.74 bits per heavy atom. The van der Waals surface area contributed by atoms with E-state index >= 15 is 0 Å². The van der Waals surface area contributed by atoms with Crippen molar-refractivity contribution in [3.05, 3.63) is 71.1 Å². The quantitative estimate of drug-likeness (QED) is 0.638. The lowest BCUT2D eigenvalue weighted by atomic mass is 10.2. The summed E-state index contributed by atoms with van der Waals surface area (Å²) in [5.74, 6) is 0.748. The first kappa shape index (κ1) is 18.7. The maximum Gasteiger partial charge on any atom is 0.274 e. The maximum atomic E-state index is 12.6. The number of rotatable bonds is 6. The van der Waals surface area contributed by atoms with E-state index in [0.717, 1.165) is 11.3 Å². The van der Waals surface area contributed by atoms with Crippen molar-refractivity contribution < 1.29 is 9.53 Å². The second-order valence-corrected chi connectivity index (χ2v) is 6.17. The van der Waals surface area contributed by atoms with E-state index in [1.807, 2.05) is 38.1 Å². The van der Waals surface area contributed by atoms with Crippen molar-refractivity contribution in [3.63, 3.8) is 0 Å². The third-order valence-corrected chi connectivity index (χ3v) is 4.19. The molecule has 2 aromatic carbocycles. The van der Waals surface area contributed by atoms with Crippen molar-refractivity contribution >= 4 is 34.7 Å². The number of para-hydroxylation sites is 2. The van der Waals surface area contributed by atoms with Crippen LogP contribution in [-0.4, -0.2) is 22.5 Å². The van der Waals surface area contributed by atoms with Gasteiger partial charge in [0.25, 0.3) is 5.91 Å². The van der Waals surface area contributed by atoms with E-state index in [1.165, 1.54) is 6.33 Å². The number of aromatic nitrogens is 2. The van der Waals surface area contributed by atoms with Gasteiger partial charge in [0, 0.05) is 16.8 Å². The van der Waals surface area contributed by atoms with Gasteiger partial charge in [-0.3, -0.25) is 4.79 Å². The lowest BCUT2D eigenvalue weighted by Crippen LogP contribution is -2.15. The van der Waals surface area contributed by atoms with Crippen LogP contribution in [0.15, 0.2) is 54.9 Å². The Bertz CT molecular complexity index is 962. The van der Waals surface area contributed by atoms with Crippen molar-refractivity contribution in [3.8, 4) is 5.75 Å². The summed E-state index contributed by atoms with van der Waals surface area (Å²) in [5, 5.41) is 6.59. The first-order valence-electron chi connectivity index (χ1n) is 8.45. The number of anilines is 3. The third kappa shape index (κ3) is 4.74. The summed E-state index contributed by atoms with van der Waals surface area (Å²) in [6.45, 7) is 4.32. The molecule has 3 aromatic rings. The minimum atomic E-state index is -0.352. The van der Waals surface area contributed by atoms with Crippen LogP contribution in [0.4, 0.5) is 17.2 Å². The molecule has 0 saturated heterocycles. The van der Waals surface area contributed by atoms with Gasteiger partial charge in [0.05, 0.1) is 12.3 Å². The topological polar surface area (TPSA) is 76.1 Å². The van der Waals surface area contributed by atoms with Crippen molar-refractivity contribution in [1.82, 2.24) is 9.97 Å². The average molecular weight is 383 g/mol. The lowest BCUT2D eigenvalue weighted by molar-refractivity contribution is 0.102. The van der Waals surface area contributed by atoms with Crippen molar-refractivity contribution in [2.75, 3.05) is 17.2 Å². The van der Waals surface area contributed by atoms with Gasteiger partial charge >= 0.3 is 0 Å². The minimum absolute atomic E-state index is 0.233. The molecule has 0 radical (unpaired) electrons. The van der Waals surface area contributed by atoms with E-state index < -0.39 is 0 Å². The monoisotopic (exact) mass is 382 g/mol. The number of aryl methyl sites for hydroxylation is 1. The Morgan fingerprint density at radius 2 is 1.96 bits per heavy atom. The van der Waals surface area contributed by atoms with Crippen molar-refractivity contribution in [2.24, 2.45) is 0 Å². The van der Waals surface area contributed by atoms with Crippen LogP contribution < -0.4 is 15.4 Å². The zero-order valence-electron chi connectivity index (χ0n) is 15.0. The minimum Gasteiger partial charge on any atom is -0.492 e. The van der Waals surface area contributed by atoms with E-state index in [-0.39, 0.29) is 11.6 Å². The molecule has 27 heavy (non-hydrogen) atoms. The molecular formula is C20H19ClN4O2. The van der Waals surface area contributed by atoms with Gasteiger partial charge in [0.2, 0.25) is 0 Å². The molecule has 6 nitrogen and oxygen atoms in total. The highest BCUT2D eigenvalue weighted by Crippen LogP contribution is 2.25. The Kier molecular flexibility index (Phi) is 5.88. The Labute approximate surface area is 162 Å². The number of nitrogens with zero attached hydrogens (tertiary/aromatic N) is 2. The SMILES string of the molecule is CCOc1ccccc1NC(=O)c1cc(Nc2ccc(C)c(Cl)c2)ncn1. The lowest BCUT2D eigenvalue weighted by Gasteiger charge is -2.11. The number of amides is 1. The second-order valence-electron chi connectivity index (χ2n) is 5.76. The van der Waals surface area contributed by atoms with Gasteiger partial charge in [-0.15, -0.1) is 0 Å². The predicted molar refractivity (Wildman–Crippen MR) is 107 cm³/mol. The van der Waals surface area contributed by atoms with Crippen LogP contribution in [0.25, 0.3) is 0 Å². The predicted octanol–water partition coefficient (Wildman–Crippen LogP) is 4.83. The zero-order valence-corrected chi connectivity index (χ0v) is 15.7. The summed E-state index contributed by atoms with van der Waals surface area (Å²) in [7, 11) is 0. The molecule has 0 unspecified atom stereocenters. The van der Waals surface area contributed by atoms with Crippen LogP contribution in [0.3, 0.4) is 0 Å². The van der Waals surface area contributed by atoms with E-state index in [9.17, 15) is 4.79 Å². The summed E-state index contributed by atoms with van der Waals surface area (Å²) < 4.78 is 5.52. The third-order valence-electron chi connectivity index (χ3n) is 3.78. The molecule has 0 aliphatic rings. The highest BCUT2D eigenvalue weighted by molar-refractivity contribution is 6.31. The highest BCUT2D eigenvalue weighted by atomic mass is 35.5. The molecule has 3 rings (SSSR count). The maximum absolute atomic E-state index is 12.6. The molecule has 0 aliphatic carbocycles. The molecule has 0 fully saturated rings. The fourth-order valence-corrected chi connectivity index (χ4v) is 2.59. The summed E-state index contributed by atoms with van der Waals surface area (Å²) in [5.41, 5.74) is 2.58. The Morgan fingerprint density at radius 1 is 1.15 bits per heavy atom. The second kappa shape index (κ2) is 8.51. The van der Waals surface area contributed by atoms with Crippen molar-refractivity contribution in [1.29, 1.82) is 0 Å². The number of ether oxygens (including phenoxy) is 1. The molecule has 7 heteroatoms. The first-order valence-corrected chi connectivity index (χ1v) is 8.83. The number of hydrogen-bond donors (Lipinski definition) is 2. The van der Waals surface area contributed by atoms with Gasteiger partial charge in [-0.25, -0.2) is 9.97 Å². The van der Waals surface area contributed by atoms with Gasteiger partial charge in [-0.1, -0.05) is 29.8 Å². The Balaban J connectivity index is 1.76. The van der Waals surface area contributed by atoms with Crippen LogP contribution in [0.2, 0.25) is 5.02 Å². The van der Waals surface area contributed by atoms with Crippen molar-refractivity contribution in [2.45, 2.75) is 13.8 Å². The van der Waals surface area contributed by atoms with E-state index in [1.54, 1.807) is 24.3 Å². The number of carbonyl (C=O) groups excluding carboxylic acids is 1. The molecule has 2 N–H and O–H groups in total. The average Bonchev–Trinajstić information content (AvgIpc) is 2.67. The number of carbonyl (C=O) groups is 1. The van der Waals surface area contributed by atoms with Gasteiger partial charge in [-0.05, 0) is 43.7 Å². The fraction of sp³-hybridized carbons (Fsp3) is 0.150. The molecule has 1 heterocycles. The summed E-state index contributed by atoms with van der Waals surface area (Å²) in [6.07, 6.45) is 1.33. The fourth-order valence-electron chi connectivity index (χ4n) is 2.41. The molecular weight excluding hydrogens is 364 g/mol. The Hall–Kier alpha value is -3.12. The smallest absolute Gasteiger partial charge is 0.274 e. The summed E-state index contributed by atoms with van der Waals surface area (Å²) >= 11 is 6.14. The molecule has 1 amide bonds. The molecule has 0 bridgehead atoms. The van der Waals surface area contributed by atoms with E-state index in [0.29, 0.717) is 28.9 Å². The number of halogens is 1. The molecule has 0 spiro atoms. The van der Waals surface area contributed by atoms with Gasteiger partial charge < -0.3 is 15.4 Å². The first-order chi connectivity index (χ1) is 13.1. The van der Waals surface area contributed by atoms with E-state index in [2.05, 4.69) is 20.6 Å². The number of hydrogen-bond acceptors (Lipinski definition) is 5. The zero-order chi connectivity index (χ0) is 19.2. The number of benzene rings is 2. The highest BCUT2D eigenvalue weighted by Gasteiger charge is 2.12. The van der Waals surface area contributed by atoms with Gasteiger partial charge in [0.1, 0.15) is 23.6 Å². The standard InChI is InChI=1S/C20H19ClN4O2/c1-3-27-18-7-5-4-6-16(18)25-20(26)17-11-19(23-12-22-17)24-14-9-8-13(2)15(21)10-14/h4-12H,3H2,1-2H3,(H,25,26)(H,22,23,24). The summed E-state index contributed by atoms with van der Waals surface area (Å²) in [6, 6.07) is 14.4. The van der Waals surface area contributed by atoms with Gasteiger partial charge in [0.15, 0.2) is 0 Å².